The Morgan fingerprint density at radius 2 is 2.05 bits per heavy atom. The Kier molecular flexibility index (Phi) is 4.17. The largest absolute Gasteiger partial charge is 0.508 e. The van der Waals surface area contributed by atoms with Gasteiger partial charge >= 0.3 is 0 Å². The number of nitrogens with zero attached hydrogens (tertiary/aromatic N) is 1. The maximum Gasteiger partial charge on any atom is 0.123 e. The van der Waals surface area contributed by atoms with E-state index in [2.05, 4.69) is 10.3 Å². The molecule has 0 spiro atoms. The van der Waals surface area contributed by atoms with E-state index in [1.165, 1.54) is 18.2 Å². The highest BCUT2D eigenvalue weighted by atomic mass is 32.1. The SMILES string of the molecule is Cc1cnc(C(C)NC(C)c2cc(F)ccc2O)s1. The van der Waals surface area contributed by atoms with Crippen molar-refractivity contribution < 1.29 is 9.50 Å². The maximum atomic E-state index is 13.2. The first-order valence-electron chi connectivity index (χ1n) is 6.14. The first-order valence-corrected chi connectivity index (χ1v) is 6.96. The molecule has 2 rings (SSSR count). The molecule has 0 aliphatic rings. The van der Waals surface area contributed by atoms with Gasteiger partial charge in [0.2, 0.25) is 0 Å². The molecule has 2 unspecified atom stereocenters. The molecule has 0 bridgehead atoms. The highest BCUT2D eigenvalue weighted by Gasteiger charge is 2.16. The minimum atomic E-state index is -0.348. The summed E-state index contributed by atoms with van der Waals surface area (Å²) in [5, 5.41) is 14.1. The molecular formula is C14H17FN2OS. The molecule has 2 atom stereocenters. The van der Waals surface area contributed by atoms with Gasteiger partial charge in [-0.3, -0.25) is 0 Å². The molecule has 3 nitrogen and oxygen atoms in total. The third kappa shape index (κ3) is 3.30. The zero-order chi connectivity index (χ0) is 14.0. The van der Waals surface area contributed by atoms with Gasteiger partial charge in [0.25, 0.3) is 0 Å². The third-order valence-electron chi connectivity index (χ3n) is 2.97. The predicted molar refractivity (Wildman–Crippen MR) is 74.9 cm³/mol. The number of aromatic hydroxyl groups is 1. The Morgan fingerprint density at radius 1 is 1.32 bits per heavy atom. The van der Waals surface area contributed by atoms with Crippen molar-refractivity contribution in [2.24, 2.45) is 0 Å². The molecule has 5 heteroatoms. The van der Waals surface area contributed by atoms with E-state index in [9.17, 15) is 9.50 Å². The number of rotatable bonds is 4. The average molecular weight is 280 g/mol. The van der Waals surface area contributed by atoms with Crippen LogP contribution in [0.1, 0.15) is 41.4 Å². The topological polar surface area (TPSA) is 45.2 Å². The van der Waals surface area contributed by atoms with Crippen LogP contribution in [0, 0.1) is 12.7 Å². The van der Waals surface area contributed by atoms with Gasteiger partial charge in [-0.25, -0.2) is 9.37 Å². The van der Waals surface area contributed by atoms with Gasteiger partial charge in [0.1, 0.15) is 16.6 Å². The molecule has 0 aliphatic carbocycles. The highest BCUT2D eigenvalue weighted by molar-refractivity contribution is 7.11. The summed E-state index contributed by atoms with van der Waals surface area (Å²) in [6.45, 7) is 5.91. The molecule has 0 aliphatic heterocycles. The summed E-state index contributed by atoms with van der Waals surface area (Å²) in [6.07, 6.45) is 1.84. The summed E-state index contributed by atoms with van der Waals surface area (Å²) in [5.41, 5.74) is 0.556. The second-order valence-electron chi connectivity index (χ2n) is 4.62. The average Bonchev–Trinajstić information content (AvgIpc) is 2.79. The summed E-state index contributed by atoms with van der Waals surface area (Å²) in [6, 6.07) is 3.87. The Morgan fingerprint density at radius 3 is 2.68 bits per heavy atom. The van der Waals surface area contributed by atoms with Crippen LogP contribution in [-0.2, 0) is 0 Å². The maximum absolute atomic E-state index is 13.2. The lowest BCUT2D eigenvalue weighted by Crippen LogP contribution is -2.22. The van der Waals surface area contributed by atoms with Crippen molar-refractivity contribution in [3.63, 3.8) is 0 Å². The van der Waals surface area contributed by atoms with Crippen LogP contribution >= 0.6 is 11.3 Å². The van der Waals surface area contributed by atoms with Gasteiger partial charge < -0.3 is 10.4 Å². The Labute approximate surface area is 116 Å². The quantitative estimate of drug-likeness (QED) is 0.897. The van der Waals surface area contributed by atoms with E-state index in [-0.39, 0.29) is 23.7 Å². The monoisotopic (exact) mass is 280 g/mol. The van der Waals surface area contributed by atoms with Crippen LogP contribution in [0.2, 0.25) is 0 Å². The molecular weight excluding hydrogens is 263 g/mol. The van der Waals surface area contributed by atoms with E-state index >= 15 is 0 Å². The number of hydrogen-bond acceptors (Lipinski definition) is 4. The van der Waals surface area contributed by atoms with Crippen LogP contribution in [-0.4, -0.2) is 10.1 Å². The van der Waals surface area contributed by atoms with Crippen molar-refractivity contribution in [3.05, 3.63) is 45.7 Å². The zero-order valence-corrected chi connectivity index (χ0v) is 12.0. The van der Waals surface area contributed by atoms with E-state index in [1.54, 1.807) is 11.3 Å². The fourth-order valence-electron chi connectivity index (χ4n) is 1.98. The van der Waals surface area contributed by atoms with E-state index < -0.39 is 0 Å². The molecule has 0 fully saturated rings. The number of halogens is 1. The van der Waals surface area contributed by atoms with Crippen molar-refractivity contribution >= 4 is 11.3 Å². The van der Waals surface area contributed by atoms with Crippen LogP contribution in [0.25, 0.3) is 0 Å². The van der Waals surface area contributed by atoms with Gasteiger partial charge in [-0.15, -0.1) is 11.3 Å². The minimum Gasteiger partial charge on any atom is -0.508 e. The highest BCUT2D eigenvalue weighted by Crippen LogP contribution is 2.28. The van der Waals surface area contributed by atoms with Gasteiger partial charge in [-0.05, 0) is 39.0 Å². The minimum absolute atomic E-state index is 0.0522. The second-order valence-corrected chi connectivity index (χ2v) is 5.89. The summed E-state index contributed by atoms with van der Waals surface area (Å²) >= 11 is 1.63. The number of thiazole rings is 1. The lowest BCUT2D eigenvalue weighted by Gasteiger charge is -2.19. The first kappa shape index (κ1) is 14.0. The number of aromatic nitrogens is 1. The Hall–Kier alpha value is -1.46. The van der Waals surface area contributed by atoms with Crippen molar-refractivity contribution in [1.29, 1.82) is 0 Å². The smallest absolute Gasteiger partial charge is 0.123 e. The fourth-order valence-corrected chi connectivity index (χ4v) is 2.77. The number of nitrogens with one attached hydrogen (secondary N) is 1. The Bertz CT molecular complexity index is 570. The molecule has 0 saturated carbocycles. The fraction of sp³-hybridized carbons (Fsp3) is 0.357. The van der Waals surface area contributed by atoms with Crippen LogP contribution in [0.5, 0.6) is 5.75 Å². The number of aryl methyl sites for hydroxylation is 1. The van der Waals surface area contributed by atoms with E-state index in [0.717, 1.165) is 9.88 Å². The molecule has 2 N–H and O–H groups in total. The van der Waals surface area contributed by atoms with Gasteiger partial charge in [-0.1, -0.05) is 0 Å². The number of phenolic OH excluding ortho intramolecular Hbond substituents is 1. The van der Waals surface area contributed by atoms with E-state index in [4.69, 9.17) is 0 Å². The molecule has 0 amide bonds. The summed E-state index contributed by atoms with van der Waals surface area (Å²) < 4.78 is 13.2. The Balaban J connectivity index is 2.12. The normalized spacial score (nSPS) is 14.3. The lowest BCUT2D eigenvalue weighted by molar-refractivity contribution is 0.435. The molecule has 1 heterocycles. The van der Waals surface area contributed by atoms with Crippen LogP contribution < -0.4 is 5.32 Å². The van der Waals surface area contributed by atoms with Crippen molar-refractivity contribution in [1.82, 2.24) is 10.3 Å². The van der Waals surface area contributed by atoms with Crippen LogP contribution in [0.3, 0.4) is 0 Å². The third-order valence-corrected chi connectivity index (χ3v) is 4.06. The predicted octanol–water partition coefficient (Wildman–Crippen LogP) is 3.71. The zero-order valence-electron chi connectivity index (χ0n) is 11.1. The van der Waals surface area contributed by atoms with Gasteiger partial charge in [0.05, 0.1) is 6.04 Å². The standard InChI is InChI=1S/C14H17FN2OS/c1-8-7-16-14(19-8)10(3)17-9(2)12-6-11(15)4-5-13(12)18/h4-7,9-10,17-18H,1-3H3. The molecule has 0 saturated heterocycles. The second kappa shape index (κ2) is 5.67. The summed E-state index contributed by atoms with van der Waals surface area (Å²) in [7, 11) is 0. The van der Waals surface area contributed by atoms with Crippen LogP contribution in [0.4, 0.5) is 4.39 Å². The van der Waals surface area contributed by atoms with Gasteiger partial charge in [0, 0.05) is 22.7 Å². The van der Waals surface area contributed by atoms with Crippen molar-refractivity contribution in [3.8, 4) is 5.75 Å². The molecule has 2 aromatic rings. The van der Waals surface area contributed by atoms with E-state index in [1.807, 2.05) is 27.0 Å². The summed E-state index contributed by atoms with van der Waals surface area (Å²) in [5.74, 6) is -0.247. The number of benzene rings is 1. The summed E-state index contributed by atoms with van der Waals surface area (Å²) in [4.78, 5) is 5.48. The van der Waals surface area contributed by atoms with Crippen LogP contribution in [0.15, 0.2) is 24.4 Å². The number of phenols is 1. The molecule has 0 radical (unpaired) electrons. The number of hydrogen-bond donors (Lipinski definition) is 2. The molecule has 19 heavy (non-hydrogen) atoms. The molecule has 1 aromatic heterocycles. The molecule has 1 aromatic carbocycles. The van der Waals surface area contributed by atoms with E-state index in [0.29, 0.717) is 5.56 Å². The van der Waals surface area contributed by atoms with Gasteiger partial charge in [-0.2, -0.15) is 0 Å². The molecule has 102 valence electrons. The van der Waals surface area contributed by atoms with Crippen molar-refractivity contribution in [2.75, 3.05) is 0 Å². The lowest BCUT2D eigenvalue weighted by atomic mass is 10.1. The van der Waals surface area contributed by atoms with Gasteiger partial charge in [0.15, 0.2) is 0 Å². The first-order chi connectivity index (χ1) is 8.97. The van der Waals surface area contributed by atoms with Crippen molar-refractivity contribution in [2.45, 2.75) is 32.9 Å².